The van der Waals surface area contributed by atoms with Gasteiger partial charge in [-0.3, -0.25) is 4.18 Å². The molecule has 0 bridgehead atoms. The van der Waals surface area contributed by atoms with Gasteiger partial charge < -0.3 is 0 Å². The van der Waals surface area contributed by atoms with E-state index in [4.69, 9.17) is 0 Å². The van der Waals surface area contributed by atoms with Crippen molar-refractivity contribution in [2.45, 2.75) is 129 Å². The summed E-state index contributed by atoms with van der Waals surface area (Å²) in [5, 5.41) is 1.00. The maximum Gasteiger partial charge on any atom is 0.264 e. The van der Waals surface area contributed by atoms with Gasteiger partial charge in [-0.15, -0.1) is 0 Å². The maximum absolute atomic E-state index is 10.7. The normalized spacial score (nSPS) is 11.9. The Bertz CT molecular complexity index is 501. The van der Waals surface area contributed by atoms with Crippen LogP contribution in [0.15, 0.2) is 24.3 Å². The van der Waals surface area contributed by atoms with E-state index in [2.05, 4.69) is 46.1 Å². The molecule has 0 unspecified atom stereocenters. The van der Waals surface area contributed by atoms with Crippen LogP contribution in [0.5, 0.6) is 0 Å². The highest BCUT2D eigenvalue weighted by molar-refractivity contribution is 9.09. The molecule has 192 valence electrons. The average molecular weight is 538 g/mol. The van der Waals surface area contributed by atoms with Gasteiger partial charge in [0.25, 0.3) is 10.1 Å². The van der Waals surface area contributed by atoms with Gasteiger partial charge in [0.2, 0.25) is 0 Å². The molecule has 0 aromatic heterocycles. The summed E-state index contributed by atoms with van der Waals surface area (Å²) in [7, 11) is -3.29. The van der Waals surface area contributed by atoms with Gasteiger partial charge in [0.15, 0.2) is 0 Å². The van der Waals surface area contributed by atoms with Gasteiger partial charge in [-0.05, 0) is 25.7 Å². The number of alkyl halides is 1. The second-order valence-electron chi connectivity index (χ2n) is 8.61. The van der Waals surface area contributed by atoms with Crippen LogP contribution in [-0.4, -0.2) is 26.6 Å². The molecule has 0 aliphatic heterocycles. The molecule has 0 spiro atoms. The van der Waals surface area contributed by atoms with Gasteiger partial charge in [-0.25, -0.2) is 0 Å². The molecule has 0 N–H and O–H groups in total. The van der Waals surface area contributed by atoms with Gasteiger partial charge in [0, 0.05) is 5.33 Å². The van der Waals surface area contributed by atoms with Crippen LogP contribution in [0.2, 0.25) is 0 Å². The second-order valence-corrected chi connectivity index (χ2v) is 10.9. The molecule has 0 atom stereocenters. The molecule has 0 aromatic rings. The molecule has 3 nitrogen and oxygen atoms in total. The summed E-state index contributed by atoms with van der Waals surface area (Å²) in [5.74, 6) is 0. The molecule has 0 aromatic carbocycles. The fraction of sp³-hybridized carbons (Fsp3) is 0.852. The van der Waals surface area contributed by atoms with Crippen molar-refractivity contribution >= 4 is 26.0 Å². The van der Waals surface area contributed by atoms with E-state index in [1.165, 1.54) is 109 Å². The molecule has 0 rings (SSSR count). The summed E-state index contributed by atoms with van der Waals surface area (Å²) in [6, 6.07) is 0. The molecule has 0 fully saturated rings. The van der Waals surface area contributed by atoms with Crippen molar-refractivity contribution < 1.29 is 12.6 Å². The third-order valence-electron chi connectivity index (χ3n) is 5.25. The van der Waals surface area contributed by atoms with Gasteiger partial charge in [0.1, 0.15) is 0 Å². The fourth-order valence-corrected chi connectivity index (χ4v) is 3.91. The van der Waals surface area contributed by atoms with Crippen molar-refractivity contribution in [3.8, 4) is 0 Å². The zero-order valence-electron chi connectivity index (χ0n) is 21.5. The molecule has 0 radical (unpaired) electrons. The first-order valence-electron chi connectivity index (χ1n) is 13.2. The Morgan fingerprint density at radius 3 is 1.34 bits per heavy atom. The summed E-state index contributed by atoms with van der Waals surface area (Å²) >= 11 is 3.38. The van der Waals surface area contributed by atoms with Crippen LogP contribution in [0.3, 0.4) is 0 Å². The SMILES string of the molecule is CCCCCCCCCCC=CCBr.CCCCCCCCCCC=CCOS(C)(=O)=O. The Hall–Kier alpha value is -0.130. The summed E-state index contributed by atoms with van der Waals surface area (Å²) < 4.78 is 25.9. The smallest absolute Gasteiger partial charge is 0.264 e. The highest BCUT2D eigenvalue weighted by Gasteiger charge is 1.97. The minimum atomic E-state index is -3.29. The summed E-state index contributed by atoms with van der Waals surface area (Å²) in [5.41, 5.74) is 0. The van der Waals surface area contributed by atoms with Crippen LogP contribution in [0.4, 0.5) is 0 Å². The Morgan fingerprint density at radius 2 is 0.969 bits per heavy atom. The lowest BCUT2D eigenvalue weighted by molar-refractivity contribution is 0.361. The van der Waals surface area contributed by atoms with E-state index in [0.717, 1.165) is 18.0 Å². The van der Waals surface area contributed by atoms with E-state index in [-0.39, 0.29) is 6.61 Å². The molecule has 32 heavy (non-hydrogen) atoms. The third kappa shape index (κ3) is 37.2. The molecule has 0 amide bonds. The van der Waals surface area contributed by atoms with Crippen LogP contribution in [0, 0.1) is 0 Å². The quantitative estimate of drug-likeness (QED) is 0.0598. The zero-order chi connectivity index (χ0) is 24.2. The van der Waals surface area contributed by atoms with Gasteiger partial charge in [0.05, 0.1) is 12.9 Å². The Labute approximate surface area is 210 Å². The van der Waals surface area contributed by atoms with Crippen molar-refractivity contribution in [1.29, 1.82) is 0 Å². The van der Waals surface area contributed by atoms with E-state index in [0.29, 0.717) is 0 Å². The number of hydrogen-bond donors (Lipinski definition) is 0. The highest BCUT2D eigenvalue weighted by atomic mass is 79.9. The lowest BCUT2D eigenvalue weighted by Gasteiger charge is -2.00. The first-order valence-corrected chi connectivity index (χ1v) is 16.1. The number of unbranched alkanes of at least 4 members (excludes halogenated alkanes) is 16. The predicted octanol–water partition coefficient (Wildman–Crippen LogP) is 9.52. The van der Waals surface area contributed by atoms with Crippen LogP contribution in [0.25, 0.3) is 0 Å². The van der Waals surface area contributed by atoms with E-state index < -0.39 is 10.1 Å². The molecular formula is C27H53BrO3S. The summed E-state index contributed by atoms with van der Waals surface area (Å²) in [6.45, 7) is 4.67. The van der Waals surface area contributed by atoms with Crippen LogP contribution in [-0.2, 0) is 14.3 Å². The van der Waals surface area contributed by atoms with Gasteiger partial charge in [-0.1, -0.05) is 144 Å². The van der Waals surface area contributed by atoms with Crippen LogP contribution in [0.1, 0.15) is 129 Å². The average Bonchev–Trinajstić information content (AvgIpc) is 2.75. The van der Waals surface area contributed by atoms with E-state index in [9.17, 15) is 8.42 Å². The number of halogens is 1. The zero-order valence-corrected chi connectivity index (χ0v) is 23.9. The predicted molar refractivity (Wildman–Crippen MR) is 147 cm³/mol. The van der Waals surface area contributed by atoms with E-state index in [1.807, 2.05) is 6.08 Å². The molecule has 0 aliphatic carbocycles. The summed E-state index contributed by atoms with van der Waals surface area (Å²) in [4.78, 5) is 0. The lowest BCUT2D eigenvalue weighted by atomic mass is 10.1. The van der Waals surface area contributed by atoms with Gasteiger partial charge in [-0.2, -0.15) is 8.42 Å². The lowest BCUT2D eigenvalue weighted by Crippen LogP contribution is -2.01. The Morgan fingerprint density at radius 1 is 0.594 bits per heavy atom. The minimum absolute atomic E-state index is 0.163. The summed E-state index contributed by atoms with van der Waals surface area (Å²) in [6.07, 6.45) is 33.5. The van der Waals surface area contributed by atoms with Crippen molar-refractivity contribution in [2.24, 2.45) is 0 Å². The van der Waals surface area contributed by atoms with Crippen molar-refractivity contribution in [3.63, 3.8) is 0 Å². The Kier molecular flexibility index (Phi) is 30.7. The van der Waals surface area contributed by atoms with Crippen molar-refractivity contribution in [2.75, 3.05) is 18.2 Å². The highest BCUT2D eigenvalue weighted by Crippen LogP contribution is 2.10. The molecule has 0 aliphatic rings. The van der Waals surface area contributed by atoms with Crippen LogP contribution >= 0.6 is 15.9 Å². The topological polar surface area (TPSA) is 43.4 Å². The van der Waals surface area contributed by atoms with Crippen molar-refractivity contribution in [3.05, 3.63) is 24.3 Å². The molecule has 5 heteroatoms. The maximum atomic E-state index is 10.7. The Balaban J connectivity index is 0. The number of rotatable bonds is 22. The largest absolute Gasteiger partial charge is 0.266 e. The van der Waals surface area contributed by atoms with E-state index in [1.54, 1.807) is 6.08 Å². The molecular weight excluding hydrogens is 484 g/mol. The van der Waals surface area contributed by atoms with Gasteiger partial charge >= 0.3 is 0 Å². The fourth-order valence-electron chi connectivity index (χ4n) is 3.32. The van der Waals surface area contributed by atoms with E-state index >= 15 is 0 Å². The standard InChI is InChI=1S/C14H28O3S.C13H25Br/c1-3-4-5-6-7-8-9-10-11-12-13-14-17-18(2,15)16;1-2-3-4-5-6-7-8-9-10-11-12-13-14/h12-13H,3-11,14H2,1-2H3;11-12H,2-10,13H2,1H3. The van der Waals surface area contributed by atoms with Crippen LogP contribution < -0.4 is 0 Å². The number of hydrogen-bond acceptors (Lipinski definition) is 3. The first-order chi connectivity index (χ1) is 15.5. The molecule has 0 saturated carbocycles. The second kappa shape index (κ2) is 28.9. The third-order valence-corrected chi connectivity index (χ3v) is 6.19. The molecule has 0 heterocycles. The monoisotopic (exact) mass is 536 g/mol. The molecule has 0 saturated heterocycles. The minimum Gasteiger partial charge on any atom is -0.266 e. The number of allylic oxidation sites excluding steroid dienone is 3. The van der Waals surface area contributed by atoms with Crippen molar-refractivity contribution in [1.82, 2.24) is 0 Å². The first kappa shape index (κ1) is 34.0.